The number of ketones is 1. The minimum atomic E-state index is 0.281. The van der Waals surface area contributed by atoms with Crippen molar-refractivity contribution in [3.05, 3.63) is 20.8 Å². The van der Waals surface area contributed by atoms with Crippen LogP contribution < -0.4 is 0 Å². The molecular weight excluding hydrogens is 260 g/mol. The van der Waals surface area contributed by atoms with Gasteiger partial charge in [-0.2, -0.15) is 0 Å². The third kappa shape index (κ3) is 3.54. The molecule has 0 aliphatic rings. The Morgan fingerprint density at radius 1 is 1.43 bits per heavy atom. The summed E-state index contributed by atoms with van der Waals surface area (Å²) in [5.74, 6) is 0.281. The number of carbonyl (C=O) groups excluding carboxylic acids is 1. The zero-order valence-electron chi connectivity index (χ0n) is 8.38. The average molecular weight is 275 g/mol. The van der Waals surface area contributed by atoms with Crippen molar-refractivity contribution >= 4 is 33.0 Å². The van der Waals surface area contributed by atoms with Crippen molar-refractivity contribution in [2.24, 2.45) is 0 Å². The van der Waals surface area contributed by atoms with Gasteiger partial charge in [-0.3, -0.25) is 4.79 Å². The molecule has 3 heteroatoms. The molecule has 0 spiro atoms. The maximum Gasteiger partial charge on any atom is 0.173 e. The van der Waals surface area contributed by atoms with Gasteiger partial charge in [-0.05, 0) is 33.8 Å². The fourth-order valence-corrected chi connectivity index (χ4v) is 2.88. The average Bonchev–Trinajstić information content (AvgIpc) is 2.59. The third-order valence-electron chi connectivity index (χ3n) is 2.13. The summed E-state index contributed by atoms with van der Waals surface area (Å²) < 4.78 is 0.947. The van der Waals surface area contributed by atoms with Gasteiger partial charge in [-0.1, -0.05) is 26.2 Å². The summed E-state index contributed by atoms with van der Waals surface area (Å²) in [5.41, 5.74) is 0. The van der Waals surface area contributed by atoms with Crippen LogP contribution in [0.15, 0.2) is 15.9 Å². The van der Waals surface area contributed by atoms with E-state index in [0.717, 1.165) is 15.8 Å². The van der Waals surface area contributed by atoms with Crippen LogP contribution in [-0.2, 0) is 0 Å². The molecule has 0 atom stereocenters. The number of rotatable bonds is 6. The molecule has 1 aromatic rings. The van der Waals surface area contributed by atoms with E-state index in [1.54, 1.807) is 0 Å². The summed E-state index contributed by atoms with van der Waals surface area (Å²) in [6.07, 6.45) is 5.34. The van der Waals surface area contributed by atoms with Crippen LogP contribution in [0.1, 0.15) is 48.7 Å². The van der Waals surface area contributed by atoms with Gasteiger partial charge in [0.2, 0.25) is 0 Å². The smallest absolute Gasteiger partial charge is 0.173 e. The summed E-state index contributed by atoms with van der Waals surface area (Å²) in [5, 5.41) is 1.95. The second kappa shape index (κ2) is 6.36. The lowest BCUT2D eigenvalue weighted by Crippen LogP contribution is -1.96. The van der Waals surface area contributed by atoms with Crippen LogP contribution in [0.4, 0.5) is 0 Å². The fourth-order valence-electron chi connectivity index (χ4n) is 1.32. The zero-order chi connectivity index (χ0) is 10.4. The fraction of sp³-hybridized carbons (Fsp3) is 0.545. The van der Waals surface area contributed by atoms with E-state index in [1.165, 1.54) is 30.6 Å². The quantitative estimate of drug-likeness (QED) is 0.545. The number of unbranched alkanes of at least 4 members (excludes halogenated alkanes) is 3. The van der Waals surface area contributed by atoms with Crippen molar-refractivity contribution in [1.82, 2.24) is 0 Å². The van der Waals surface area contributed by atoms with Gasteiger partial charge in [-0.25, -0.2) is 0 Å². The standard InChI is InChI=1S/C11H15BrOS/c1-2-3-4-5-6-10(13)11-9(12)7-8-14-11/h7-8H,2-6H2,1H3. The molecule has 0 aromatic carbocycles. The molecule has 0 radical (unpaired) electrons. The van der Waals surface area contributed by atoms with Gasteiger partial charge in [-0.15, -0.1) is 11.3 Å². The number of carbonyl (C=O) groups is 1. The SMILES string of the molecule is CCCCCCC(=O)c1sccc1Br. The van der Waals surface area contributed by atoms with E-state index >= 15 is 0 Å². The van der Waals surface area contributed by atoms with Crippen LogP contribution >= 0.6 is 27.3 Å². The first kappa shape index (κ1) is 11.9. The number of thiophene rings is 1. The van der Waals surface area contributed by atoms with Crippen molar-refractivity contribution in [2.45, 2.75) is 39.0 Å². The van der Waals surface area contributed by atoms with Crippen LogP contribution in [-0.4, -0.2) is 5.78 Å². The normalized spacial score (nSPS) is 10.4. The highest BCUT2D eigenvalue weighted by Crippen LogP contribution is 2.24. The number of hydrogen-bond acceptors (Lipinski definition) is 2. The number of hydrogen-bond donors (Lipinski definition) is 0. The first-order valence-corrected chi connectivity index (χ1v) is 6.69. The molecule has 0 fully saturated rings. The Bertz CT molecular complexity index is 293. The third-order valence-corrected chi connectivity index (χ3v) is 4.01. The molecule has 0 saturated heterocycles. The maximum absolute atomic E-state index is 11.7. The second-order valence-corrected chi connectivity index (χ2v) is 5.10. The van der Waals surface area contributed by atoms with Crippen LogP contribution in [0.25, 0.3) is 0 Å². The van der Waals surface area contributed by atoms with Crippen molar-refractivity contribution in [2.75, 3.05) is 0 Å². The highest BCUT2D eigenvalue weighted by atomic mass is 79.9. The number of Topliss-reactive ketones (excluding diaryl/α,β-unsaturated/α-hetero) is 1. The monoisotopic (exact) mass is 274 g/mol. The van der Waals surface area contributed by atoms with Crippen LogP contribution in [0, 0.1) is 0 Å². The molecule has 0 bridgehead atoms. The van der Waals surface area contributed by atoms with Gasteiger partial charge in [0.15, 0.2) is 5.78 Å². The Labute approximate surface area is 97.7 Å². The van der Waals surface area contributed by atoms with Gasteiger partial charge < -0.3 is 0 Å². The van der Waals surface area contributed by atoms with Gasteiger partial charge in [0, 0.05) is 10.9 Å². The van der Waals surface area contributed by atoms with E-state index in [0.29, 0.717) is 6.42 Å². The number of halogens is 1. The largest absolute Gasteiger partial charge is 0.293 e. The Hall–Kier alpha value is -0.150. The lowest BCUT2D eigenvalue weighted by atomic mass is 10.1. The molecule has 1 rings (SSSR count). The summed E-state index contributed by atoms with van der Waals surface area (Å²) in [6.45, 7) is 2.18. The lowest BCUT2D eigenvalue weighted by molar-refractivity contribution is 0.0982. The molecule has 0 aliphatic heterocycles. The minimum Gasteiger partial charge on any atom is -0.293 e. The topological polar surface area (TPSA) is 17.1 Å². The van der Waals surface area contributed by atoms with E-state index in [-0.39, 0.29) is 5.78 Å². The van der Waals surface area contributed by atoms with E-state index in [9.17, 15) is 4.79 Å². The van der Waals surface area contributed by atoms with E-state index in [4.69, 9.17) is 0 Å². The molecule has 0 saturated carbocycles. The first-order chi connectivity index (χ1) is 6.75. The van der Waals surface area contributed by atoms with Crippen LogP contribution in [0.3, 0.4) is 0 Å². The first-order valence-electron chi connectivity index (χ1n) is 5.02. The van der Waals surface area contributed by atoms with Crippen molar-refractivity contribution in [3.63, 3.8) is 0 Å². The van der Waals surface area contributed by atoms with E-state index in [1.807, 2.05) is 11.4 Å². The Morgan fingerprint density at radius 3 is 2.79 bits per heavy atom. The minimum absolute atomic E-state index is 0.281. The molecule has 1 aromatic heterocycles. The summed E-state index contributed by atoms with van der Waals surface area (Å²) in [6, 6.07) is 1.93. The van der Waals surface area contributed by atoms with Gasteiger partial charge in [0.05, 0.1) is 4.88 Å². The molecule has 0 amide bonds. The Kier molecular flexibility index (Phi) is 5.41. The lowest BCUT2D eigenvalue weighted by Gasteiger charge is -1.98. The molecular formula is C11H15BrOS. The molecule has 0 aliphatic carbocycles. The summed E-state index contributed by atoms with van der Waals surface area (Å²) in [7, 11) is 0. The molecule has 1 nitrogen and oxygen atoms in total. The zero-order valence-corrected chi connectivity index (χ0v) is 10.8. The Morgan fingerprint density at radius 2 is 2.21 bits per heavy atom. The Balaban J connectivity index is 2.32. The van der Waals surface area contributed by atoms with Gasteiger partial charge in [0.1, 0.15) is 0 Å². The van der Waals surface area contributed by atoms with Crippen LogP contribution in [0.5, 0.6) is 0 Å². The molecule has 14 heavy (non-hydrogen) atoms. The van der Waals surface area contributed by atoms with Gasteiger partial charge in [0.25, 0.3) is 0 Å². The highest BCUT2D eigenvalue weighted by molar-refractivity contribution is 9.10. The van der Waals surface area contributed by atoms with Gasteiger partial charge >= 0.3 is 0 Å². The molecule has 1 heterocycles. The molecule has 0 N–H and O–H groups in total. The van der Waals surface area contributed by atoms with Crippen LogP contribution in [0.2, 0.25) is 0 Å². The van der Waals surface area contributed by atoms with Crippen molar-refractivity contribution < 1.29 is 4.79 Å². The predicted molar refractivity (Wildman–Crippen MR) is 65.1 cm³/mol. The highest BCUT2D eigenvalue weighted by Gasteiger charge is 2.10. The van der Waals surface area contributed by atoms with E-state index in [2.05, 4.69) is 22.9 Å². The second-order valence-electron chi connectivity index (χ2n) is 3.33. The van der Waals surface area contributed by atoms with E-state index < -0.39 is 0 Å². The molecule has 78 valence electrons. The maximum atomic E-state index is 11.7. The summed E-state index contributed by atoms with van der Waals surface area (Å²) >= 11 is 4.90. The molecule has 0 unspecified atom stereocenters. The van der Waals surface area contributed by atoms with Crippen molar-refractivity contribution in [1.29, 1.82) is 0 Å². The van der Waals surface area contributed by atoms with Crippen molar-refractivity contribution in [3.8, 4) is 0 Å². The summed E-state index contributed by atoms with van der Waals surface area (Å²) in [4.78, 5) is 12.5. The predicted octanol–water partition coefficient (Wildman–Crippen LogP) is 4.66.